The molecule has 0 aliphatic rings. The number of carboxylic acids is 1. The first-order chi connectivity index (χ1) is 10.7. The maximum atomic E-state index is 11.4. The van der Waals surface area contributed by atoms with Crippen molar-refractivity contribution in [2.75, 3.05) is 5.32 Å². The molecule has 0 amide bonds. The fourth-order valence-corrected chi connectivity index (χ4v) is 2.37. The van der Waals surface area contributed by atoms with Gasteiger partial charge in [0.25, 0.3) is 0 Å². The summed E-state index contributed by atoms with van der Waals surface area (Å²) in [6, 6.07) is 9.41. The molecule has 4 N–H and O–H groups in total. The first kappa shape index (κ1) is 16.7. The molecule has 0 aliphatic carbocycles. The van der Waals surface area contributed by atoms with E-state index in [0.717, 1.165) is 11.3 Å². The van der Waals surface area contributed by atoms with E-state index >= 15 is 0 Å². The third-order valence-corrected chi connectivity index (χ3v) is 3.60. The molecule has 2 rings (SSSR count). The van der Waals surface area contributed by atoms with E-state index < -0.39 is 5.97 Å². The van der Waals surface area contributed by atoms with Gasteiger partial charge in [-0.25, -0.2) is 4.79 Å². The van der Waals surface area contributed by atoms with Gasteiger partial charge in [-0.15, -0.1) is 0 Å². The average Bonchev–Trinajstić information content (AvgIpc) is 2.47. The molecular weight excluding hydrogens is 294 g/mol. The average molecular weight is 315 g/mol. The minimum atomic E-state index is -0.952. The van der Waals surface area contributed by atoms with Crippen molar-refractivity contribution in [1.29, 1.82) is 0 Å². The molecule has 0 saturated carbocycles. The first-order valence-corrected chi connectivity index (χ1v) is 7.31. The van der Waals surface area contributed by atoms with Crippen LogP contribution >= 0.6 is 0 Å². The highest BCUT2D eigenvalue weighted by Gasteiger charge is 2.21. The molecule has 0 saturated heterocycles. The van der Waals surface area contributed by atoms with E-state index in [1.54, 1.807) is 12.1 Å². The number of phenols is 2. The summed E-state index contributed by atoms with van der Waals surface area (Å²) in [5.41, 5.74) is 2.02. The lowest BCUT2D eigenvalue weighted by Gasteiger charge is -2.22. The number of anilines is 1. The van der Waals surface area contributed by atoms with Crippen LogP contribution in [0.3, 0.4) is 0 Å². The number of hydrogen-bond donors (Lipinski definition) is 4. The van der Waals surface area contributed by atoms with Crippen LogP contribution in [0.1, 0.15) is 42.3 Å². The second kappa shape index (κ2) is 6.20. The van der Waals surface area contributed by atoms with Crippen LogP contribution in [0.4, 0.5) is 5.69 Å². The van der Waals surface area contributed by atoms with Crippen molar-refractivity contribution in [2.45, 2.75) is 32.7 Å². The van der Waals surface area contributed by atoms with Gasteiger partial charge in [0.2, 0.25) is 0 Å². The Balaban J connectivity index is 2.27. The Labute approximate surface area is 135 Å². The van der Waals surface area contributed by atoms with Crippen LogP contribution in [0.15, 0.2) is 36.4 Å². The van der Waals surface area contributed by atoms with Crippen LogP contribution in [-0.4, -0.2) is 21.3 Å². The van der Waals surface area contributed by atoms with Crippen molar-refractivity contribution in [1.82, 2.24) is 0 Å². The lowest BCUT2D eigenvalue weighted by Crippen LogP contribution is -2.17. The van der Waals surface area contributed by atoms with Gasteiger partial charge in [-0.05, 0) is 47.4 Å². The van der Waals surface area contributed by atoms with E-state index in [-0.39, 0.29) is 22.5 Å². The summed E-state index contributed by atoms with van der Waals surface area (Å²) in [5.74, 6) is -0.781. The summed E-state index contributed by atoms with van der Waals surface area (Å²) in [7, 11) is 0. The molecule has 0 heterocycles. The van der Waals surface area contributed by atoms with Crippen molar-refractivity contribution >= 4 is 11.7 Å². The van der Waals surface area contributed by atoms with Crippen molar-refractivity contribution in [2.24, 2.45) is 0 Å². The summed E-state index contributed by atoms with van der Waals surface area (Å²) >= 11 is 0. The van der Waals surface area contributed by atoms with E-state index in [2.05, 4.69) is 5.32 Å². The van der Waals surface area contributed by atoms with Gasteiger partial charge in [0.1, 0.15) is 11.5 Å². The lowest BCUT2D eigenvalue weighted by atomic mass is 9.83. The second-order valence-corrected chi connectivity index (χ2v) is 6.48. The Hall–Kier alpha value is -2.69. The topological polar surface area (TPSA) is 89.8 Å². The zero-order chi connectivity index (χ0) is 17.2. The number of nitrogens with one attached hydrogen (secondary N) is 1. The minimum Gasteiger partial charge on any atom is -0.508 e. The Kier molecular flexibility index (Phi) is 4.50. The monoisotopic (exact) mass is 315 g/mol. The number of phenolic OH excluding ortho intramolecular Hbond substituents is 2. The van der Waals surface area contributed by atoms with Crippen LogP contribution in [0.2, 0.25) is 0 Å². The number of aromatic carboxylic acids is 1. The Morgan fingerprint density at radius 2 is 1.78 bits per heavy atom. The number of carboxylic acid groups (broad SMARTS) is 1. The largest absolute Gasteiger partial charge is 0.508 e. The van der Waals surface area contributed by atoms with Crippen molar-refractivity contribution in [3.8, 4) is 11.5 Å². The highest BCUT2D eigenvalue weighted by atomic mass is 16.4. The van der Waals surface area contributed by atoms with Gasteiger partial charge in [0, 0.05) is 17.8 Å². The number of aromatic hydroxyl groups is 2. The normalized spacial score (nSPS) is 11.3. The van der Waals surface area contributed by atoms with E-state index in [1.165, 1.54) is 18.2 Å². The van der Waals surface area contributed by atoms with Gasteiger partial charge < -0.3 is 20.6 Å². The molecule has 0 spiro atoms. The second-order valence-electron chi connectivity index (χ2n) is 6.48. The van der Waals surface area contributed by atoms with Crippen LogP contribution in [-0.2, 0) is 12.0 Å². The first-order valence-electron chi connectivity index (χ1n) is 7.31. The number of benzene rings is 2. The van der Waals surface area contributed by atoms with Crippen molar-refractivity contribution in [3.63, 3.8) is 0 Å². The Morgan fingerprint density at radius 1 is 1.09 bits per heavy atom. The van der Waals surface area contributed by atoms with Gasteiger partial charge in [-0.2, -0.15) is 0 Å². The standard InChI is InChI=1S/C18H21NO4/c1-18(2,3)15-9-12(4-6-14(15)17(22)23)19-10-11-8-13(20)5-7-16(11)21/h4-9,19-21H,10H2,1-3H3,(H,22,23). The summed E-state index contributed by atoms with van der Waals surface area (Å²) in [5, 5.41) is 31.7. The molecule has 0 radical (unpaired) electrons. The van der Waals surface area contributed by atoms with Gasteiger partial charge in [0.15, 0.2) is 0 Å². The summed E-state index contributed by atoms with van der Waals surface area (Å²) in [4.78, 5) is 11.4. The smallest absolute Gasteiger partial charge is 0.335 e. The van der Waals surface area contributed by atoms with Gasteiger partial charge in [-0.1, -0.05) is 20.8 Å². The number of carbonyl (C=O) groups is 1. The third kappa shape index (κ3) is 3.94. The molecule has 23 heavy (non-hydrogen) atoms. The Morgan fingerprint density at radius 3 is 2.39 bits per heavy atom. The van der Waals surface area contributed by atoms with E-state index in [9.17, 15) is 20.1 Å². The predicted molar refractivity (Wildman–Crippen MR) is 89.2 cm³/mol. The summed E-state index contributed by atoms with van der Waals surface area (Å²) in [6.07, 6.45) is 0. The maximum absolute atomic E-state index is 11.4. The highest BCUT2D eigenvalue weighted by Crippen LogP contribution is 2.29. The molecule has 0 fully saturated rings. The van der Waals surface area contributed by atoms with Gasteiger partial charge >= 0.3 is 5.97 Å². The lowest BCUT2D eigenvalue weighted by molar-refractivity contribution is 0.0694. The molecule has 2 aromatic rings. The molecule has 122 valence electrons. The van der Waals surface area contributed by atoms with Crippen LogP contribution in [0, 0.1) is 0 Å². The molecule has 0 bridgehead atoms. The Bertz CT molecular complexity index is 732. The van der Waals surface area contributed by atoms with Crippen LogP contribution in [0.5, 0.6) is 11.5 Å². The number of rotatable bonds is 4. The third-order valence-electron chi connectivity index (χ3n) is 3.60. The van der Waals surface area contributed by atoms with Gasteiger partial charge in [-0.3, -0.25) is 0 Å². The molecule has 0 aliphatic heterocycles. The van der Waals surface area contributed by atoms with Crippen LogP contribution < -0.4 is 5.32 Å². The summed E-state index contributed by atoms with van der Waals surface area (Å²) < 4.78 is 0. The highest BCUT2D eigenvalue weighted by molar-refractivity contribution is 5.90. The van der Waals surface area contributed by atoms with Crippen molar-refractivity contribution in [3.05, 3.63) is 53.1 Å². The fourth-order valence-electron chi connectivity index (χ4n) is 2.37. The van der Waals surface area contributed by atoms with Crippen LogP contribution in [0.25, 0.3) is 0 Å². The SMILES string of the molecule is CC(C)(C)c1cc(NCc2cc(O)ccc2O)ccc1C(=O)O. The summed E-state index contributed by atoms with van der Waals surface area (Å²) in [6.45, 7) is 6.19. The molecule has 5 nitrogen and oxygen atoms in total. The molecule has 0 unspecified atom stereocenters. The quantitative estimate of drug-likeness (QED) is 0.646. The zero-order valence-electron chi connectivity index (χ0n) is 13.4. The number of hydrogen-bond acceptors (Lipinski definition) is 4. The zero-order valence-corrected chi connectivity index (χ0v) is 13.4. The predicted octanol–water partition coefficient (Wildman–Crippen LogP) is 3.71. The molecule has 2 aromatic carbocycles. The molecular formula is C18H21NO4. The fraction of sp³-hybridized carbons (Fsp3) is 0.278. The van der Waals surface area contributed by atoms with Crippen molar-refractivity contribution < 1.29 is 20.1 Å². The molecule has 0 atom stereocenters. The van der Waals surface area contributed by atoms with E-state index in [1.807, 2.05) is 26.8 Å². The van der Waals surface area contributed by atoms with E-state index in [4.69, 9.17) is 0 Å². The maximum Gasteiger partial charge on any atom is 0.335 e. The van der Waals surface area contributed by atoms with Gasteiger partial charge in [0.05, 0.1) is 5.56 Å². The molecule has 0 aromatic heterocycles. The van der Waals surface area contributed by atoms with E-state index in [0.29, 0.717) is 12.1 Å². The minimum absolute atomic E-state index is 0.0798. The molecule has 5 heteroatoms.